The number of nitrogen functional groups attached to an aromatic ring is 2. The van der Waals surface area contributed by atoms with Gasteiger partial charge < -0.3 is 59.5 Å². The summed E-state index contributed by atoms with van der Waals surface area (Å²) in [5, 5.41) is 0. The molecular formula is C46H54F2N14O7. The largest absolute Gasteiger partial charge is 0.492 e. The number of aromatic nitrogens is 8. The van der Waals surface area contributed by atoms with Gasteiger partial charge in [0.25, 0.3) is 5.91 Å². The Hall–Kier alpha value is -7.95. The third-order valence-corrected chi connectivity index (χ3v) is 10.6. The van der Waals surface area contributed by atoms with Crippen LogP contribution in [-0.2, 0) is 4.79 Å². The highest BCUT2D eigenvalue weighted by molar-refractivity contribution is 5.77. The van der Waals surface area contributed by atoms with Crippen molar-refractivity contribution in [1.82, 2.24) is 49.7 Å². The first kappa shape index (κ1) is 49.0. The van der Waals surface area contributed by atoms with Gasteiger partial charge >= 0.3 is 12.0 Å². The van der Waals surface area contributed by atoms with Crippen molar-refractivity contribution >= 4 is 29.2 Å². The fraction of sp³-hybridized carbons (Fsp3) is 0.370. The van der Waals surface area contributed by atoms with Gasteiger partial charge in [-0.05, 0) is 62.6 Å². The number of ether oxygens (including phenoxy) is 6. The first-order chi connectivity index (χ1) is 33.3. The van der Waals surface area contributed by atoms with E-state index >= 15 is 0 Å². The van der Waals surface area contributed by atoms with Crippen LogP contribution in [0.1, 0.15) is 25.7 Å². The van der Waals surface area contributed by atoms with E-state index in [1.807, 2.05) is 44.4 Å². The summed E-state index contributed by atoms with van der Waals surface area (Å²) < 4.78 is 60.9. The summed E-state index contributed by atoms with van der Waals surface area (Å²) in [4.78, 5) is 51.9. The van der Waals surface area contributed by atoms with Gasteiger partial charge in [-0.3, -0.25) is 4.79 Å². The highest BCUT2D eigenvalue weighted by atomic mass is 19.1. The van der Waals surface area contributed by atoms with Crippen LogP contribution in [0.4, 0.5) is 32.1 Å². The maximum absolute atomic E-state index is 13.2. The van der Waals surface area contributed by atoms with Crippen molar-refractivity contribution in [2.24, 2.45) is 0 Å². The van der Waals surface area contributed by atoms with E-state index in [0.29, 0.717) is 61.5 Å². The molecule has 1 amide bonds. The average Bonchev–Trinajstić information content (AvgIpc) is 3.35. The van der Waals surface area contributed by atoms with Crippen molar-refractivity contribution in [3.63, 3.8) is 0 Å². The molecule has 23 heteroatoms. The molecule has 2 aromatic carbocycles. The van der Waals surface area contributed by atoms with Gasteiger partial charge in [0, 0.05) is 84.6 Å². The molecular weight excluding hydrogens is 899 g/mol. The van der Waals surface area contributed by atoms with Crippen LogP contribution in [0.5, 0.6) is 46.8 Å². The van der Waals surface area contributed by atoms with Gasteiger partial charge in [-0.15, -0.1) is 0 Å². The zero-order valence-corrected chi connectivity index (χ0v) is 38.7. The van der Waals surface area contributed by atoms with Crippen LogP contribution in [0.15, 0.2) is 85.7 Å². The molecule has 0 aliphatic carbocycles. The molecule has 21 nitrogen and oxygen atoms in total. The minimum Gasteiger partial charge on any atom is -0.492 e. The number of amides is 1. The Bertz CT molecular complexity index is 2590. The highest BCUT2D eigenvalue weighted by Crippen LogP contribution is 2.29. The average molecular weight is 953 g/mol. The van der Waals surface area contributed by atoms with Crippen molar-refractivity contribution in [2.45, 2.75) is 37.9 Å². The summed E-state index contributed by atoms with van der Waals surface area (Å²) in [5.41, 5.74) is 11.0. The normalized spacial score (nSPS) is 14.1. The van der Waals surface area contributed by atoms with E-state index in [9.17, 15) is 13.6 Å². The van der Waals surface area contributed by atoms with Crippen molar-refractivity contribution in [1.29, 1.82) is 0 Å². The first-order valence-corrected chi connectivity index (χ1v) is 22.0. The van der Waals surface area contributed by atoms with Gasteiger partial charge in [-0.25, -0.2) is 38.7 Å². The maximum Gasteiger partial charge on any atom is 0.318 e. The second-order valence-corrected chi connectivity index (χ2v) is 16.2. The lowest BCUT2D eigenvalue weighted by atomic mass is 10.1. The van der Waals surface area contributed by atoms with E-state index in [4.69, 9.17) is 39.9 Å². The zero-order chi connectivity index (χ0) is 48.7. The SMILES string of the molecule is CN(C)C(=O)COc1ccc(Oc2cc(N3CCC(Oc4ncc(F)c(N)n4)CC3)ncn2)cc1.CN(C)CCOc1ccc(Oc2cc(N3CCC(Oc4ncc(F)c(N)n4)CC3)ncn2)cc1. The van der Waals surface area contributed by atoms with E-state index in [1.165, 1.54) is 17.6 Å². The molecule has 6 heterocycles. The zero-order valence-electron chi connectivity index (χ0n) is 38.7. The van der Waals surface area contributed by atoms with Crippen LogP contribution < -0.4 is 49.7 Å². The molecule has 6 aromatic rings. The van der Waals surface area contributed by atoms with Crippen LogP contribution in [0.3, 0.4) is 0 Å². The number of likely N-dealkylation sites (N-methyl/N-ethyl adjacent to an activating group) is 2. The predicted molar refractivity (Wildman–Crippen MR) is 250 cm³/mol. The van der Waals surface area contributed by atoms with Gasteiger partial charge in [-0.2, -0.15) is 9.97 Å². The van der Waals surface area contributed by atoms with Gasteiger partial charge in [0.2, 0.25) is 11.8 Å². The topological polar surface area (TPSA) is 241 Å². The summed E-state index contributed by atoms with van der Waals surface area (Å²) in [6.45, 7) is 4.25. The number of hydrogen-bond donors (Lipinski definition) is 2. The lowest BCUT2D eigenvalue weighted by molar-refractivity contribution is -0.130. The maximum atomic E-state index is 13.2. The Morgan fingerprint density at radius 3 is 1.45 bits per heavy atom. The van der Waals surface area contributed by atoms with Crippen molar-refractivity contribution in [3.05, 3.63) is 97.3 Å². The third kappa shape index (κ3) is 14.8. The Kier molecular flexibility index (Phi) is 16.8. The molecule has 2 aliphatic rings. The number of carbonyl (C=O) groups is 1. The fourth-order valence-corrected chi connectivity index (χ4v) is 6.73. The Balaban J connectivity index is 0.000000204. The number of benzene rings is 2. The van der Waals surface area contributed by atoms with Crippen molar-refractivity contribution in [2.75, 3.05) is 95.4 Å². The molecule has 0 spiro atoms. The number of nitrogens with zero attached hydrogens (tertiary/aromatic N) is 12. The number of piperidine rings is 2. The molecule has 4 aromatic heterocycles. The standard InChI is InChI=1S/C23H26FN7O4.C23H28FN7O3/c1-30(2)21(32)13-33-15-3-5-16(6-4-15)34-20-11-19(27-14-28-20)31-9-7-17(8-10-31)35-23-26-12-18(24)22(25)29-23;1-30(2)11-12-32-16-3-5-17(6-4-16)33-21-13-20(27-15-28-21)31-9-7-18(8-10-31)34-23-26-14-19(24)22(25)29-23/h3-6,11-12,14,17H,7-10,13H2,1-2H3,(H2,25,26,29);3-6,13-15,18H,7-12H2,1-2H3,(H2,25,26,29). The fourth-order valence-electron chi connectivity index (χ4n) is 6.73. The molecule has 364 valence electrons. The van der Waals surface area contributed by atoms with Gasteiger partial charge in [-0.1, -0.05) is 0 Å². The van der Waals surface area contributed by atoms with Gasteiger partial charge in [0.15, 0.2) is 29.9 Å². The van der Waals surface area contributed by atoms with E-state index in [-0.39, 0.29) is 48.4 Å². The van der Waals surface area contributed by atoms with E-state index in [0.717, 1.165) is 62.3 Å². The van der Waals surface area contributed by atoms with E-state index in [2.05, 4.69) is 54.6 Å². The second-order valence-electron chi connectivity index (χ2n) is 16.2. The van der Waals surface area contributed by atoms with Crippen LogP contribution in [-0.4, -0.2) is 142 Å². The molecule has 2 aliphatic heterocycles. The minimum atomic E-state index is -0.672. The van der Waals surface area contributed by atoms with Crippen LogP contribution in [0.2, 0.25) is 0 Å². The number of carbonyl (C=O) groups excluding carboxylic acids is 1. The number of anilines is 4. The van der Waals surface area contributed by atoms with Crippen LogP contribution in [0, 0.1) is 11.6 Å². The summed E-state index contributed by atoms with van der Waals surface area (Å²) in [6, 6.07) is 18.1. The summed E-state index contributed by atoms with van der Waals surface area (Å²) >= 11 is 0. The lowest BCUT2D eigenvalue weighted by Crippen LogP contribution is -2.39. The molecule has 69 heavy (non-hydrogen) atoms. The quantitative estimate of drug-likeness (QED) is 0.121. The lowest BCUT2D eigenvalue weighted by Gasteiger charge is -2.32. The molecule has 4 N–H and O–H groups in total. The minimum absolute atomic E-state index is 0.0326. The van der Waals surface area contributed by atoms with E-state index < -0.39 is 11.6 Å². The number of hydrogen-bond acceptors (Lipinski definition) is 20. The molecule has 2 fully saturated rings. The van der Waals surface area contributed by atoms with Crippen molar-refractivity contribution < 1.29 is 42.0 Å². The Labute approximate surface area is 397 Å². The third-order valence-electron chi connectivity index (χ3n) is 10.6. The van der Waals surface area contributed by atoms with Crippen molar-refractivity contribution in [3.8, 4) is 46.8 Å². The molecule has 2 saturated heterocycles. The molecule has 0 bridgehead atoms. The molecule has 0 radical (unpaired) electrons. The van der Waals surface area contributed by atoms with Gasteiger partial charge in [0.05, 0.1) is 12.4 Å². The van der Waals surface area contributed by atoms with E-state index in [1.54, 1.807) is 44.4 Å². The van der Waals surface area contributed by atoms with Crippen LogP contribution >= 0.6 is 0 Å². The molecule has 0 atom stereocenters. The monoisotopic (exact) mass is 952 g/mol. The Morgan fingerprint density at radius 2 is 1.04 bits per heavy atom. The number of halogens is 2. The van der Waals surface area contributed by atoms with Crippen LogP contribution in [0.25, 0.3) is 0 Å². The number of rotatable bonds is 17. The molecule has 0 unspecified atom stereocenters. The summed E-state index contributed by atoms with van der Waals surface area (Å²) in [6.07, 6.45) is 7.64. The first-order valence-electron chi connectivity index (χ1n) is 22.0. The summed E-state index contributed by atoms with van der Waals surface area (Å²) in [5.74, 6) is 3.05. The highest BCUT2D eigenvalue weighted by Gasteiger charge is 2.25. The molecule has 8 rings (SSSR count). The Morgan fingerprint density at radius 1 is 0.623 bits per heavy atom. The smallest absolute Gasteiger partial charge is 0.318 e. The second kappa shape index (κ2) is 23.7. The molecule has 0 saturated carbocycles. The van der Waals surface area contributed by atoms with Gasteiger partial charge in [0.1, 0.15) is 66.1 Å². The summed E-state index contributed by atoms with van der Waals surface area (Å²) in [7, 11) is 7.36. The number of nitrogens with two attached hydrogens (primary N) is 2. The predicted octanol–water partition coefficient (Wildman–Crippen LogP) is 5.06.